The largest absolute Gasteiger partial charge is 0.507 e. The number of phenols is 1. The maximum Gasteiger partial charge on any atom is 0.344 e. The molecule has 0 aliphatic rings. The summed E-state index contributed by atoms with van der Waals surface area (Å²) in [5, 5.41) is 19.7. The number of carbonyl (C=O) groups is 1. The first-order valence-corrected chi connectivity index (χ1v) is 9.56. The lowest BCUT2D eigenvalue weighted by Crippen LogP contribution is -2.22. The van der Waals surface area contributed by atoms with Crippen LogP contribution in [-0.2, 0) is 11.2 Å². The topological polar surface area (TPSA) is 66.8 Å². The van der Waals surface area contributed by atoms with E-state index in [1.165, 1.54) is 31.2 Å². The first-order chi connectivity index (χ1) is 14.2. The van der Waals surface area contributed by atoms with E-state index in [0.29, 0.717) is 22.3 Å². The van der Waals surface area contributed by atoms with Gasteiger partial charge in [-0.2, -0.15) is 0 Å². The monoisotopic (exact) mass is 452 g/mol. The number of aromatic hydroxyl groups is 1. The number of phenolic OH excluding ortho intramolecular Hbond substituents is 1. The Labute approximate surface area is 181 Å². The van der Waals surface area contributed by atoms with E-state index in [0.717, 1.165) is 12.1 Å². The molecule has 0 unspecified atom stereocenters. The molecule has 30 heavy (non-hydrogen) atoms. The van der Waals surface area contributed by atoms with Gasteiger partial charge in [0.25, 0.3) is 0 Å². The minimum absolute atomic E-state index is 0.0895. The van der Waals surface area contributed by atoms with Crippen LogP contribution in [0.4, 0.5) is 8.78 Å². The normalized spacial score (nSPS) is 11.9. The summed E-state index contributed by atoms with van der Waals surface area (Å²) in [5.74, 6) is -2.99. The summed E-state index contributed by atoms with van der Waals surface area (Å²) in [7, 11) is 0. The van der Waals surface area contributed by atoms with Crippen molar-refractivity contribution in [3.05, 3.63) is 81.3 Å². The van der Waals surface area contributed by atoms with Crippen molar-refractivity contribution in [3.63, 3.8) is 0 Å². The Kier molecular flexibility index (Phi) is 6.48. The van der Waals surface area contributed by atoms with Crippen molar-refractivity contribution in [1.29, 1.82) is 0 Å². The van der Waals surface area contributed by atoms with Crippen molar-refractivity contribution < 1.29 is 28.5 Å². The maximum absolute atomic E-state index is 13.6. The van der Waals surface area contributed by atoms with Crippen molar-refractivity contribution in [2.75, 3.05) is 0 Å². The van der Waals surface area contributed by atoms with Gasteiger partial charge in [-0.05, 0) is 60.0 Å². The van der Waals surface area contributed by atoms with E-state index >= 15 is 0 Å². The Hall–Kier alpha value is -2.83. The lowest BCUT2D eigenvalue weighted by molar-refractivity contribution is -0.144. The molecule has 0 aliphatic carbocycles. The summed E-state index contributed by atoms with van der Waals surface area (Å²) in [4.78, 5) is 10.9. The number of rotatable bonds is 6. The van der Waals surface area contributed by atoms with E-state index in [-0.39, 0.29) is 28.0 Å². The molecule has 0 saturated carbocycles. The quantitative estimate of drug-likeness (QED) is 0.474. The molecule has 0 aliphatic heterocycles. The third-order valence-corrected chi connectivity index (χ3v) is 5.12. The molecule has 8 heteroatoms. The molecular weight excluding hydrogens is 437 g/mol. The van der Waals surface area contributed by atoms with Crippen molar-refractivity contribution >= 4 is 29.2 Å². The van der Waals surface area contributed by atoms with Crippen LogP contribution in [0.2, 0.25) is 10.0 Å². The molecule has 3 rings (SSSR count). The first kappa shape index (κ1) is 21.9. The van der Waals surface area contributed by atoms with E-state index in [9.17, 15) is 18.7 Å². The molecule has 0 aromatic heterocycles. The van der Waals surface area contributed by atoms with Crippen molar-refractivity contribution in [2.45, 2.75) is 19.4 Å². The van der Waals surface area contributed by atoms with Crippen LogP contribution in [0.3, 0.4) is 0 Å². The molecule has 0 fully saturated rings. The molecule has 0 bridgehead atoms. The Bertz CT molecular complexity index is 1100. The van der Waals surface area contributed by atoms with Gasteiger partial charge in [0.1, 0.15) is 11.5 Å². The van der Waals surface area contributed by atoms with Gasteiger partial charge in [-0.15, -0.1) is 0 Å². The standard InChI is InChI=1S/C22H16Cl2F2O4/c1-11(22(28)29)30-14-9-17(23)16(18(24)10-14)7-12-2-5-21(27)15(6-12)13-3-4-19(25)20(26)8-13/h2-6,8-11,27H,7H2,1H3,(H,28,29)/t11-/m0/s1. The van der Waals surface area contributed by atoms with Gasteiger partial charge in [-0.1, -0.05) is 35.3 Å². The Balaban J connectivity index is 1.91. The van der Waals surface area contributed by atoms with Crippen LogP contribution in [0.5, 0.6) is 11.5 Å². The fourth-order valence-electron chi connectivity index (χ4n) is 2.86. The zero-order chi connectivity index (χ0) is 22.0. The highest BCUT2D eigenvalue weighted by atomic mass is 35.5. The Morgan fingerprint density at radius 3 is 2.30 bits per heavy atom. The predicted octanol–water partition coefficient (Wildman–Crippen LogP) is 6.09. The molecule has 3 aromatic carbocycles. The highest BCUT2D eigenvalue weighted by molar-refractivity contribution is 6.36. The van der Waals surface area contributed by atoms with Gasteiger partial charge in [0.15, 0.2) is 17.7 Å². The van der Waals surface area contributed by atoms with Crippen molar-refractivity contribution in [3.8, 4) is 22.6 Å². The van der Waals surface area contributed by atoms with Crippen molar-refractivity contribution in [1.82, 2.24) is 0 Å². The smallest absolute Gasteiger partial charge is 0.344 e. The minimum atomic E-state index is -1.12. The molecular formula is C22H16Cl2F2O4. The molecule has 4 nitrogen and oxygen atoms in total. The van der Waals surface area contributed by atoms with Crippen LogP contribution in [0, 0.1) is 11.6 Å². The molecule has 0 heterocycles. The number of carboxylic acids is 1. The lowest BCUT2D eigenvalue weighted by atomic mass is 9.98. The molecule has 3 aromatic rings. The molecule has 0 spiro atoms. The fourth-order valence-corrected chi connectivity index (χ4v) is 3.46. The number of carboxylic acid groups (broad SMARTS) is 1. The number of benzene rings is 3. The fraction of sp³-hybridized carbons (Fsp3) is 0.136. The van der Waals surface area contributed by atoms with Gasteiger partial charge >= 0.3 is 5.97 Å². The average Bonchev–Trinajstić information content (AvgIpc) is 2.68. The lowest BCUT2D eigenvalue weighted by Gasteiger charge is -2.14. The number of aliphatic carboxylic acids is 1. The number of ether oxygens (including phenoxy) is 1. The van der Waals surface area contributed by atoms with E-state index in [1.807, 2.05) is 0 Å². The zero-order valence-electron chi connectivity index (χ0n) is 15.6. The molecule has 1 atom stereocenters. The van der Waals surface area contributed by atoms with Gasteiger partial charge in [0.05, 0.1) is 0 Å². The number of hydrogen-bond donors (Lipinski definition) is 2. The summed E-state index contributed by atoms with van der Waals surface area (Å²) in [6, 6.07) is 11.0. The van der Waals surface area contributed by atoms with E-state index in [1.54, 1.807) is 12.1 Å². The average molecular weight is 453 g/mol. The highest BCUT2D eigenvalue weighted by Gasteiger charge is 2.16. The van der Waals surface area contributed by atoms with E-state index < -0.39 is 23.7 Å². The Morgan fingerprint density at radius 2 is 1.70 bits per heavy atom. The maximum atomic E-state index is 13.6. The molecule has 0 saturated heterocycles. The van der Waals surface area contributed by atoms with E-state index in [4.69, 9.17) is 33.0 Å². The number of hydrogen-bond acceptors (Lipinski definition) is 3. The highest BCUT2D eigenvalue weighted by Crippen LogP contribution is 2.35. The summed E-state index contributed by atoms with van der Waals surface area (Å²) in [6.45, 7) is 1.38. The molecule has 2 N–H and O–H groups in total. The second-order valence-electron chi connectivity index (χ2n) is 6.62. The number of halogens is 4. The van der Waals surface area contributed by atoms with Gasteiger partial charge in [0.2, 0.25) is 0 Å². The summed E-state index contributed by atoms with van der Waals surface area (Å²) < 4.78 is 32.1. The van der Waals surface area contributed by atoms with Crippen LogP contribution < -0.4 is 4.74 Å². The van der Waals surface area contributed by atoms with E-state index in [2.05, 4.69) is 0 Å². The molecule has 0 radical (unpaired) electrons. The van der Waals surface area contributed by atoms with Crippen LogP contribution >= 0.6 is 23.2 Å². The van der Waals surface area contributed by atoms with Crippen molar-refractivity contribution in [2.24, 2.45) is 0 Å². The third-order valence-electron chi connectivity index (χ3n) is 4.45. The van der Waals surface area contributed by atoms with Gasteiger partial charge in [-0.25, -0.2) is 13.6 Å². The predicted molar refractivity (Wildman–Crippen MR) is 110 cm³/mol. The summed E-state index contributed by atoms with van der Waals surface area (Å²) in [5.41, 5.74) is 1.92. The third kappa shape index (κ3) is 4.83. The van der Waals surface area contributed by atoms with Crippen LogP contribution in [-0.4, -0.2) is 22.3 Å². The zero-order valence-corrected chi connectivity index (χ0v) is 17.1. The van der Waals surface area contributed by atoms with Crippen LogP contribution in [0.25, 0.3) is 11.1 Å². The second-order valence-corrected chi connectivity index (χ2v) is 7.44. The second kappa shape index (κ2) is 8.90. The van der Waals surface area contributed by atoms with Crippen LogP contribution in [0.15, 0.2) is 48.5 Å². The van der Waals surface area contributed by atoms with Gasteiger partial charge < -0.3 is 14.9 Å². The first-order valence-electron chi connectivity index (χ1n) is 8.80. The molecule has 0 amide bonds. The minimum Gasteiger partial charge on any atom is -0.507 e. The summed E-state index contributed by atoms with van der Waals surface area (Å²) in [6.07, 6.45) is -0.789. The van der Waals surface area contributed by atoms with Gasteiger partial charge in [0, 0.05) is 22.0 Å². The van der Waals surface area contributed by atoms with Gasteiger partial charge in [-0.3, -0.25) is 0 Å². The van der Waals surface area contributed by atoms with Crippen LogP contribution in [0.1, 0.15) is 18.1 Å². The molecule has 156 valence electrons. The Morgan fingerprint density at radius 1 is 1.03 bits per heavy atom. The summed E-state index contributed by atoms with van der Waals surface area (Å²) >= 11 is 12.6. The SMILES string of the molecule is C[C@H](Oc1cc(Cl)c(Cc2ccc(O)c(-c3ccc(F)c(F)c3)c2)c(Cl)c1)C(=O)O.